The summed E-state index contributed by atoms with van der Waals surface area (Å²) in [5, 5.41) is 11.0. The summed E-state index contributed by atoms with van der Waals surface area (Å²) in [7, 11) is 0. The Morgan fingerprint density at radius 1 is 1.14 bits per heavy atom. The van der Waals surface area contributed by atoms with Gasteiger partial charge in [-0.3, -0.25) is 4.90 Å². The molecule has 3 nitrogen and oxygen atoms in total. The monoisotopic (exact) mass is 293 g/mol. The number of ether oxygens (including phenoxy) is 1. The lowest BCUT2D eigenvalue weighted by Gasteiger charge is -2.43. The van der Waals surface area contributed by atoms with Gasteiger partial charge in [-0.05, 0) is 46.3 Å². The van der Waals surface area contributed by atoms with Crippen molar-refractivity contribution in [1.29, 1.82) is 0 Å². The van der Waals surface area contributed by atoms with E-state index >= 15 is 0 Å². The molecule has 0 bridgehead atoms. The Morgan fingerprint density at radius 3 is 2.19 bits per heavy atom. The zero-order valence-corrected chi connectivity index (χ0v) is 14.4. The summed E-state index contributed by atoms with van der Waals surface area (Å²) >= 11 is 0. The Bertz CT molecular complexity index is 429. The van der Waals surface area contributed by atoms with E-state index < -0.39 is 6.10 Å². The number of para-hydroxylation sites is 1. The fraction of sp³-hybridized carbons (Fsp3) is 0.667. The summed E-state index contributed by atoms with van der Waals surface area (Å²) in [5.74, 6) is 0.784. The van der Waals surface area contributed by atoms with Gasteiger partial charge in [-0.2, -0.15) is 0 Å². The molecule has 1 aromatic rings. The number of benzene rings is 1. The van der Waals surface area contributed by atoms with Crippen LogP contribution in [-0.4, -0.2) is 34.7 Å². The van der Waals surface area contributed by atoms with E-state index in [-0.39, 0.29) is 11.6 Å². The summed E-state index contributed by atoms with van der Waals surface area (Å²) in [4.78, 5) is 2.32. The third-order valence-corrected chi connectivity index (χ3v) is 4.37. The number of hydrogen-bond donors (Lipinski definition) is 1. The maximum atomic E-state index is 11.0. The van der Waals surface area contributed by atoms with Crippen LogP contribution in [0, 0.1) is 0 Å². The first-order valence-electron chi connectivity index (χ1n) is 8.09. The predicted molar refractivity (Wildman–Crippen MR) is 88.8 cm³/mol. The number of aliphatic hydroxyl groups excluding tert-OH is 1. The van der Waals surface area contributed by atoms with Crippen LogP contribution in [0.5, 0.6) is 5.75 Å². The molecule has 3 heteroatoms. The second-order valence-electron chi connectivity index (χ2n) is 5.99. The Balaban J connectivity index is 3.18. The molecule has 120 valence electrons. The number of hydrogen-bond acceptors (Lipinski definition) is 3. The largest absolute Gasteiger partial charge is 0.491 e. The summed E-state index contributed by atoms with van der Waals surface area (Å²) in [6.45, 7) is 14.4. The number of rotatable bonds is 8. The van der Waals surface area contributed by atoms with Crippen LogP contribution in [0.3, 0.4) is 0 Å². The molecule has 0 aliphatic carbocycles. The molecule has 1 N–H and O–H groups in total. The van der Waals surface area contributed by atoms with Crippen LogP contribution in [0.1, 0.15) is 59.6 Å². The van der Waals surface area contributed by atoms with Crippen molar-refractivity contribution in [3.63, 3.8) is 0 Å². The average molecular weight is 293 g/mol. The van der Waals surface area contributed by atoms with Gasteiger partial charge in [0, 0.05) is 11.1 Å². The first kappa shape index (κ1) is 18.0. The highest BCUT2D eigenvalue weighted by atomic mass is 16.5. The van der Waals surface area contributed by atoms with Crippen molar-refractivity contribution in [2.24, 2.45) is 0 Å². The van der Waals surface area contributed by atoms with Crippen LogP contribution in [0.4, 0.5) is 0 Å². The minimum absolute atomic E-state index is 0.0969. The van der Waals surface area contributed by atoms with Crippen molar-refractivity contribution in [3.05, 3.63) is 29.8 Å². The molecule has 0 aliphatic rings. The van der Waals surface area contributed by atoms with Gasteiger partial charge in [0.15, 0.2) is 0 Å². The van der Waals surface area contributed by atoms with Crippen LogP contribution in [0.2, 0.25) is 0 Å². The predicted octanol–water partition coefficient (Wildman–Crippen LogP) is 4.02. The molecular weight excluding hydrogens is 262 g/mol. The Hall–Kier alpha value is -1.06. The van der Waals surface area contributed by atoms with Gasteiger partial charge in [0.2, 0.25) is 0 Å². The SMILES string of the molecule is CCN(CC)C(C)(CC)C(O)c1ccccc1OC(C)C. The topological polar surface area (TPSA) is 32.7 Å². The summed E-state index contributed by atoms with van der Waals surface area (Å²) in [5.41, 5.74) is 0.586. The van der Waals surface area contributed by atoms with Crippen LogP contribution in [0.25, 0.3) is 0 Å². The quantitative estimate of drug-likeness (QED) is 0.786. The molecule has 1 aromatic carbocycles. The van der Waals surface area contributed by atoms with Crippen LogP contribution < -0.4 is 4.74 Å². The average Bonchev–Trinajstić information content (AvgIpc) is 2.47. The fourth-order valence-corrected chi connectivity index (χ4v) is 2.94. The maximum Gasteiger partial charge on any atom is 0.125 e. The molecule has 0 fully saturated rings. The number of nitrogens with zero attached hydrogens (tertiary/aromatic N) is 1. The van der Waals surface area contributed by atoms with Crippen LogP contribution in [-0.2, 0) is 0 Å². The lowest BCUT2D eigenvalue weighted by atomic mass is 9.84. The molecule has 0 heterocycles. The molecular formula is C18H31NO2. The molecule has 0 aliphatic heterocycles. The zero-order valence-electron chi connectivity index (χ0n) is 14.4. The van der Waals surface area contributed by atoms with Gasteiger partial charge >= 0.3 is 0 Å². The van der Waals surface area contributed by atoms with Crippen molar-refractivity contribution < 1.29 is 9.84 Å². The standard InChI is InChI=1S/C18H31NO2/c1-7-18(6,19(8-2)9-3)17(20)15-12-10-11-13-16(15)21-14(4)5/h10-14,17,20H,7-9H2,1-6H3. The molecule has 0 saturated carbocycles. The third-order valence-electron chi connectivity index (χ3n) is 4.37. The van der Waals surface area contributed by atoms with Crippen molar-refractivity contribution >= 4 is 0 Å². The van der Waals surface area contributed by atoms with Gasteiger partial charge in [-0.1, -0.05) is 39.0 Å². The van der Waals surface area contributed by atoms with E-state index in [0.29, 0.717) is 0 Å². The van der Waals surface area contributed by atoms with E-state index in [1.807, 2.05) is 38.1 Å². The summed E-state index contributed by atoms with van der Waals surface area (Å²) in [6, 6.07) is 7.83. The molecule has 0 spiro atoms. The van der Waals surface area contributed by atoms with E-state index in [1.54, 1.807) is 0 Å². The normalized spacial score (nSPS) is 16.0. The molecule has 2 unspecified atom stereocenters. The Labute approximate surface area is 129 Å². The van der Waals surface area contributed by atoms with Gasteiger partial charge in [0.25, 0.3) is 0 Å². The van der Waals surface area contributed by atoms with E-state index in [4.69, 9.17) is 4.74 Å². The maximum absolute atomic E-state index is 11.0. The Morgan fingerprint density at radius 2 is 1.71 bits per heavy atom. The van der Waals surface area contributed by atoms with Crippen molar-refractivity contribution in [2.75, 3.05) is 13.1 Å². The van der Waals surface area contributed by atoms with Crippen molar-refractivity contribution in [1.82, 2.24) is 4.90 Å². The highest BCUT2D eigenvalue weighted by Gasteiger charge is 2.38. The molecule has 1 rings (SSSR count). The van der Waals surface area contributed by atoms with Gasteiger partial charge in [-0.15, -0.1) is 0 Å². The minimum Gasteiger partial charge on any atom is -0.491 e. The number of likely N-dealkylation sites (N-methyl/N-ethyl adjacent to an activating group) is 1. The van der Waals surface area contributed by atoms with E-state index in [2.05, 4.69) is 32.6 Å². The molecule has 0 saturated heterocycles. The first-order valence-corrected chi connectivity index (χ1v) is 8.09. The van der Waals surface area contributed by atoms with Crippen molar-refractivity contribution in [2.45, 2.75) is 65.7 Å². The fourth-order valence-electron chi connectivity index (χ4n) is 2.94. The summed E-state index contributed by atoms with van der Waals surface area (Å²) < 4.78 is 5.87. The Kier molecular flexibility index (Phi) is 6.69. The van der Waals surface area contributed by atoms with E-state index in [1.165, 1.54) is 0 Å². The third kappa shape index (κ3) is 3.98. The van der Waals surface area contributed by atoms with Gasteiger partial charge < -0.3 is 9.84 Å². The smallest absolute Gasteiger partial charge is 0.125 e. The van der Waals surface area contributed by atoms with E-state index in [9.17, 15) is 5.11 Å². The zero-order chi connectivity index (χ0) is 16.0. The van der Waals surface area contributed by atoms with Gasteiger partial charge in [0.1, 0.15) is 11.9 Å². The highest BCUT2D eigenvalue weighted by molar-refractivity contribution is 5.37. The lowest BCUT2D eigenvalue weighted by molar-refractivity contribution is -0.0229. The molecule has 0 radical (unpaired) electrons. The van der Waals surface area contributed by atoms with Gasteiger partial charge in [0.05, 0.1) is 6.10 Å². The molecule has 0 amide bonds. The van der Waals surface area contributed by atoms with Gasteiger partial charge in [-0.25, -0.2) is 0 Å². The molecule has 2 atom stereocenters. The minimum atomic E-state index is -0.572. The second kappa shape index (κ2) is 7.81. The second-order valence-corrected chi connectivity index (χ2v) is 5.99. The summed E-state index contributed by atoms with van der Waals surface area (Å²) in [6.07, 6.45) is 0.406. The van der Waals surface area contributed by atoms with Crippen LogP contribution in [0.15, 0.2) is 24.3 Å². The first-order chi connectivity index (χ1) is 9.90. The highest BCUT2D eigenvalue weighted by Crippen LogP contribution is 2.38. The van der Waals surface area contributed by atoms with E-state index in [0.717, 1.165) is 30.8 Å². The number of aliphatic hydroxyl groups is 1. The molecule has 21 heavy (non-hydrogen) atoms. The van der Waals surface area contributed by atoms with Crippen molar-refractivity contribution in [3.8, 4) is 5.75 Å². The lowest BCUT2D eigenvalue weighted by Crippen LogP contribution is -2.50. The molecule has 0 aromatic heterocycles. The van der Waals surface area contributed by atoms with Crippen LogP contribution >= 0.6 is 0 Å².